The Labute approximate surface area is 111 Å². The normalized spacial score (nSPS) is 21.7. The Morgan fingerprint density at radius 1 is 1.37 bits per heavy atom. The van der Waals surface area contributed by atoms with Gasteiger partial charge >= 0.3 is 0 Å². The number of amides is 2. The van der Waals surface area contributed by atoms with E-state index < -0.39 is 0 Å². The molecule has 0 aromatic heterocycles. The molecule has 0 aliphatic carbocycles. The van der Waals surface area contributed by atoms with Crippen molar-refractivity contribution in [3.8, 4) is 0 Å². The summed E-state index contributed by atoms with van der Waals surface area (Å²) in [6, 6.07) is 5.59. The molecule has 1 fully saturated rings. The number of hydrogen-bond acceptors (Lipinski definition) is 3. The van der Waals surface area contributed by atoms with Crippen LogP contribution in [-0.4, -0.2) is 25.0 Å². The molecule has 5 nitrogen and oxygen atoms in total. The number of hydrogen-bond donors (Lipinski definition) is 2. The highest BCUT2D eigenvalue weighted by Gasteiger charge is 2.24. The number of benzene rings is 1. The van der Waals surface area contributed by atoms with Crippen LogP contribution in [0, 0.1) is 5.92 Å². The van der Waals surface area contributed by atoms with Gasteiger partial charge in [-0.05, 0) is 36.6 Å². The summed E-state index contributed by atoms with van der Waals surface area (Å²) in [4.78, 5) is 23.2. The van der Waals surface area contributed by atoms with Gasteiger partial charge in [-0.2, -0.15) is 0 Å². The fourth-order valence-corrected chi connectivity index (χ4v) is 2.45. The predicted molar refractivity (Wildman–Crippen MR) is 70.9 cm³/mol. The summed E-state index contributed by atoms with van der Waals surface area (Å²) in [5, 5.41) is 5.74. The highest BCUT2D eigenvalue weighted by Crippen LogP contribution is 2.26. The van der Waals surface area contributed by atoms with Gasteiger partial charge in [0.05, 0.1) is 12.5 Å². The lowest BCUT2D eigenvalue weighted by molar-refractivity contribution is -0.120. The lowest BCUT2D eigenvalue weighted by Crippen LogP contribution is -2.23. The molecule has 0 saturated carbocycles. The summed E-state index contributed by atoms with van der Waals surface area (Å²) >= 11 is 0. The second kappa shape index (κ2) is 5.01. The number of rotatable bonds is 2. The molecule has 1 unspecified atom stereocenters. The molecule has 1 aromatic rings. The number of carbonyl (C=O) groups excluding carboxylic acids is 2. The molecule has 0 radical (unpaired) electrons. The van der Waals surface area contributed by atoms with Gasteiger partial charge in [0, 0.05) is 24.4 Å². The summed E-state index contributed by atoms with van der Waals surface area (Å²) in [6.45, 7) is 1.17. The topological polar surface area (TPSA) is 67.4 Å². The number of carbonyl (C=O) groups is 2. The maximum atomic E-state index is 12.0. The van der Waals surface area contributed by atoms with E-state index in [2.05, 4.69) is 10.6 Å². The molecule has 2 aliphatic rings. The molecule has 2 heterocycles. The third-order valence-electron chi connectivity index (χ3n) is 3.57. The lowest BCUT2D eigenvalue weighted by Gasteiger charge is -2.18. The molecule has 2 N–H and O–H groups in total. The maximum Gasteiger partial charge on any atom is 0.229 e. The summed E-state index contributed by atoms with van der Waals surface area (Å²) in [5.74, 6) is 0.0143. The van der Waals surface area contributed by atoms with Crippen LogP contribution in [0.25, 0.3) is 0 Å². The average molecular weight is 260 g/mol. The van der Waals surface area contributed by atoms with E-state index in [4.69, 9.17) is 4.74 Å². The third-order valence-corrected chi connectivity index (χ3v) is 3.57. The van der Waals surface area contributed by atoms with Crippen molar-refractivity contribution >= 4 is 23.2 Å². The highest BCUT2D eigenvalue weighted by molar-refractivity contribution is 5.96. The van der Waals surface area contributed by atoms with Crippen molar-refractivity contribution in [2.75, 3.05) is 23.8 Å². The number of nitrogens with one attached hydrogen (secondary N) is 2. The zero-order valence-corrected chi connectivity index (χ0v) is 10.6. The lowest BCUT2D eigenvalue weighted by atomic mass is 10.0. The van der Waals surface area contributed by atoms with E-state index in [-0.39, 0.29) is 17.7 Å². The molecule has 1 saturated heterocycles. The van der Waals surface area contributed by atoms with Crippen LogP contribution >= 0.6 is 0 Å². The van der Waals surface area contributed by atoms with Crippen molar-refractivity contribution in [2.24, 2.45) is 5.92 Å². The van der Waals surface area contributed by atoms with Gasteiger partial charge in [-0.1, -0.05) is 0 Å². The van der Waals surface area contributed by atoms with E-state index in [0.29, 0.717) is 19.6 Å². The first-order valence-corrected chi connectivity index (χ1v) is 6.54. The first-order chi connectivity index (χ1) is 9.22. The zero-order chi connectivity index (χ0) is 13.2. The average Bonchev–Trinajstić information content (AvgIpc) is 2.93. The van der Waals surface area contributed by atoms with Crippen LogP contribution in [0.1, 0.15) is 18.4 Å². The van der Waals surface area contributed by atoms with E-state index in [1.165, 1.54) is 0 Å². The molecule has 2 aliphatic heterocycles. The summed E-state index contributed by atoms with van der Waals surface area (Å²) in [5.41, 5.74) is 2.70. The molecule has 19 heavy (non-hydrogen) atoms. The van der Waals surface area contributed by atoms with Crippen LogP contribution in [0.3, 0.4) is 0 Å². The van der Waals surface area contributed by atoms with Crippen molar-refractivity contribution in [3.63, 3.8) is 0 Å². The monoisotopic (exact) mass is 260 g/mol. The van der Waals surface area contributed by atoms with E-state index in [1.807, 2.05) is 18.2 Å². The van der Waals surface area contributed by atoms with E-state index in [0.717, 1.165) is 29.8 Å². The summed E-state index contributed by atoms with van der Waals surface area (Å²) < 4.78 is 5.21. The second-order valence-electron chi connectivity index (χ2n) is 4.97. The van der Waals surface area contributed by atoms with Gasteiger partial charge in [-0.25, -0.2) is 0 Å². The van der Waals surface area contributed by atoms with Crippen LogP contribution in [0.5, 0.6) is 0 Å². The fraction of sp³-hybridized carbons (Fsp3) is 0.429. The van der Waals surface area contributed by atoms with Crippen molar-refractivity contribution in [3.05, 3.63) is 23.8 Å². The minimum atomic E-state index is -0.0456. The number of fused-ring (bicyclic) bond motifs is 1. The third kappa shape index (κ3) is 2.61. The summed E-state index contributed by atoms with van der Waals surface area (Å²) in [7, 11) is 0. The Bertz CT molecular complexity index is 521. The first-order valence-electron chi connectivity index (χ1n) is 6.54. The maximum absolute atomic E-state index is 12.0. The second-order valence-corrected chi connectivity index (χ2v) is 4.97. The molecule has 100 valence electrons. The minimum Gasteiger partial charge on any atom is -0.381 e. The number of anilines is 2. The molecule has 2 amide bonds. The van der Waals surface area contributed by atoms with Crippen LogP contribution in [0.15, 0.2) is 18.2 Å². The number of aryl methyl sites for hydroxylation is 1. The van der Waals surface area contributed by atoms with Gasteiger partial charge < -0.3 is 15.4 Å². The first kappa shape index (κ1) is 12.2. The van der Waals surface area contributed by atoms with Crippen molar-refractivity contribution < 1.29 is 14.3 Å². The van der Waals surface area contributed by atoms with Gasteiger partial charge in [0.25, 0.3) is 0 Å². The van der Waals surface area contributed by atoms with Crippen LogP contribution in [0.4, 0.5) is 11.4 Å². The Morgan fingerprint density at radius 2 is 2.26 bits per heavy atom. The van der Waals surface area contributed by atoms with E-state index >= 15 is 0 Å². The fourth-order valence-electron chi connectivity index (χ4n) is 2.45. The van der Waals surface area contributed by atoms with E-state index in [1.54, 1.807) is 0 Å². The Balaban J connectivity index is 1.71. The molecule has 0 spiro atoms. The van der Waals surface area contributed by atoms with Crippen molar-refractivity contribution in [1.82, 2.24) is 0 Å². The standard InChI is InChI=1S/C14H16N2O3/c17-13-4-1-9-7-11(2-3-12(9)16-13)15-14(18)10-5-6-19-8-10/h2-3,7,10H,1,4-6,8H2,(H,15,18)(H,16,17). The van der Waals surface area contributed by atoms with Gasteiger partial charge in [0.15, 0.2) is 0 Å². The van der Waals surface area contributed by atoms with E-state index in [9.17, 15) is 9.59 Å². The molecular formula is C14H16N2O3. The van der Waals surface area contributed by atoms with Gasteiger partial charge in [0.1, 0.15) is 0 Å². The number of ether oxygens (including phenoxy) is 1. The van der Waals surface area contributed by atoms with Crippen molar-refractivity contribution in [1.29, 1.82) is 0 Å². The van der Waals surface area contributed by atoms with Gasteiger partial charge in [-0.15, -0.1) is 0 Å². The molecule has 5 heteroatoms. The minimum absolute atomic E-state index is 0.0114. The molecule has 1 atom stereocenters. The zero-order valence-electron chi connectivity index (χ0n) is 10.6. The largest absolute Gasteiger partial charge is 0.381 e. The van der Waals surface area contributed by atoms with Gasteiger partial charge in [0.2, 0.25) is 11.8 Å². The Morgan fingerprint density at radius 3 is 3.05 bits per heavy atom. The Kier molecular flexibility index (Phi) is 3.21. The molecule has 1 aromatic carbocycles. The van der Waals surface area contributed by atoms with Crippen LogP contribution < -0.4 is 10.6 Å². The van der Waals surface area contributed by atoms with Crippen molar-refractivity contribution in [2.45, 2.75) is 19.3 Å². The smallest absolute Gasteiger partial charge is 0.229 e. The quantitative estimate of drug-likeness (QED) is 0.847. The predicted octanol–water partition coefficient (Wildman–Crippen LogP) is 1.55. The Hall–Kier alpha value is -1.88. The molecular weight excluding hydrogens is 244 g/mol. The van der Waals surface area contributed by atoms with Crippen LogP contribution in [-0.2, 0) is 20.7 Å². The molecule has 3 rings (SSSR count). The van der Waals surface area contributed by atoms with Gasteiger partial charge in [-0.3, -0.25) is 9.59 Å². The van der Waals surface area contributed by atoms with Crippen LogP contribution in [0.2, 0.25) is 0 Å². The summed E-state index contributed by atoms with van der Waals surface area (Å²) in [6.07, 6.45) is 2.01. The molecule has 0 bridgehead atoms. The SMILES string of the molecule is O=C1CCc2cc(NC(=O)C3CCOC3)ccc2N1. The highest BCUT2D eigenvalue weighted by atomic mass is 16.5.